The smallest absolute Gasteiger partial charge is 0.308 e. The van der Waals surface area contributed by atoms with Crippen LogP contribution in [0.4, 0.5) is 10.1 Å². The van der Waals surface area contributed by atoms with Gasteiger partial charge >= 0.3 is 5.69 Å². The molecule has 0 amide bonds. The van der Waals surface area contributed by atoms with Gasteiger partial charge in [0.1, 0.15) is 5.75 Å². The van der Waals surface area contributed by atoms with E-state index in [-0.39, 0.29) is 5.75 Å². The molecule has 4 nitrogen and oxygen atoms in total. The Morgan fingerprint density at radius 2 is 2.25 bits per heavy atom. The Morgan fingerprint density at radius 3 is 2.75 bits per heavy atom. The third kappa shape index (κ3) is 1.50. The van der Waals surface area contributed by atoms with Gasteiger partial charge in [0.25, 0.3) is 0 Å². The van der Waals surface area contributed by atoms with Crippen LogP contribution in [0, 0.1) is 15.9 Å². The summed E-state index contributed by atoms with van der Waals surface area (Å²) in [6, 6.07) is 3.36. The van der Waals surface area contributed by atoms with Crippen molar-refractivity contribution in [2.45, 2.75) is 0 Å². The van der Waals surface area contributed by atoms with Crippen molar-refractivity contribution in [2.75, 3.05) is 7.11 Å². The number of methoxy groups -OCH3 is 1. The number of nitro groups is 1. The number of hydrogen-bond acceptors (Lipinski definition) is 3. The number of rotatable bonds is 2. The van der Waals surface area contributed by atoms with Crippen molar-refractivity contribution in [2.24, 2.45) is 0 Å². The molecule has 0 N–H and O–H groups in total. The second-order valence-electron chi connectivity index (χ2n) is 2.07. The molecule has 0 atom stereocenters. The zero-order chi connectivity index (χ0) is 9.14. The molecule has 0 saturated carbocycles. The molecule has 1 aromatic rings. The van der Waals surface area contributed by atoms with Crippen LogP contribution in [0.2, 0.25) is 0 Å². The number of ether oxygens (including phenoxy) is 1. The molecule has 1 aromatic carbocycles. The summed E-state index contributed by atoms with van der Waals surface area (Å²) in [6.07, 6.45) is 0. The predicted molar refractivity (Wildman–Crippen MR) is 39.6 cm³/mol. The van der Waals surface area contributed by atoms with Crippen molar-refractivity contribution in [1.82, 2.24) is 0 Å². The lowest BCUT2D eigenvalue weighted by molar-refractivity contribution is -0.387. The minimum atomic E-state index is -0.860. The number of nitro benzene ring substituents is 1. The molecule has 0 heterocycles. The Balaban J connectivity index is 3.17. The molecule has 0 fully saturated rings. The lowest BCUT2D eigenvalue weighted by Gasteiger charge is -1.98. The first-order chi connectivity index (χ1) is 5.65. The Labute approximate surface area is 67.7 Å². The summed E-state index contributed by atoms with van der Waals surface area (Å²) >= 11 is 0. The van der Waals surface area contributed by atoms with Crippen molar-refractivity contribution >= 4 is 5.69 Å². The van der Waals surface area contributed by atoms with E-state index in [1.54, 1.807) is 0 Å². The van der Waals surface area contributed by atoms with Crippen molar-refractivity contribution < 1.29 is 14.1 Å². The molecule has 0 radical (unpaired) electrons. The third-order valence-electron chi connectivity index (χ3n) is 1.35. The van der Waals surface area contributed by atoms with Gasteiger partial charge in [-0.1, -0.05) is 0 Å². The summed E-state index contributed by atoms with van der Waals surface area (Å²) in [6.45, 7) is 0. The Hall–Kier alpha value is -1.65. The molecule has 0 spiro atoms. The summed E-state index contributed by atoms with van der Waals surface area (Å²) < 4.78 is 17.3. The molecule has 0 aliphatic rings. The summed E-state index contributed by atoms with van der Waals surface area (Å²) in [4.78, 5) is 9.41. The van der Waals surface area contributed by atoms with Gasteiger partial charge in [0, 0.05) is 0 Å². The van der Waals surface area contributed by atoms with Crippen LogP contribution in [0.5, 0.6) is 5.75 Å². The summed E-state index contributed by atoms with van der Waals surface area (Å²) in [5.41, 5.74) is -0.575. The summed E-state index contributed by atoms with van der Waals surface area (Å²) in [5, 5.41) is 10.2. The van der Waals surface area contributed by atoms with E-state index in [0.29, 0.717) is 0 Å². The van der Waals surface area contributed by atoms with Gasteiger partial charge in [0.2, 0.25) is 5.82 Å². The quantitative estimate of drug-likeness (QED) is 0.501. The number of halogens is 1. The van der Waals surface area contributed by atoms with E-state index in [0.717, 1.165) is 12.1 Å². The summed E-state index contributed by atoms with van der Waals surface area (Å²) in [5.74, 6) is -0.594. The van der Waals surface area contributed by atoms with Crippen LogP contribution < -0.4 is 4.74 Å². The minimum Gasteiger partial charge on any atom is -0.496 e. The first-order valence-corrected chi connectivity index (χ1v) is 3.13. The number of benzene rings is 1. The highest BCUT2D eigenvalue weighted by molar-refractivity contribution is 5.39. The van der Waals surface area contributed by atoms with E-state index in [9.17, 15) is 14.5 Å². The van der Waals surface area contributed by atoms with Crippen LogP contribution in [0.1, 0.15) is 0 Å². The van der Waals surface area contributed by atoms with Gasteiger partial charge in [0.15, 0.2) is 0 Å². The highest BCUT2D eigenvalue weighted by atomic mass is 18.2. The number of nitrogens with zero attached hydrogens (tertiary/aromatic N) is 1. The average Bonchev–Trinajstić information content (AvgIpc) is 2.05. The highest BCUT2D eigenvalue weighted by Gasteiger charge is 2.13. The molecule has 0 aliphatic heterocycles. The molecule has 0 bridgehead atoms. The maximum atomic E-state index is 12.7. The van der Waals surface area contributed by atoms with Gasteiger partial charge < -0.3 is 4.74 Å². The molecule has 0 saturated heterocycles. The van der Waals surface area contributed by atoms with E-state index < -0.39 is 16.4 Å². The largest absolute Gasteiger partial charge is 0.496 e. The Morgan fingerprint density at radius 1 is 1.58 bits per heavy atom. The second-order valence-corrected chi connectivity index (χ2v) is 2.07. The standard InChI is InChI=1S/C7H6FNO3/c1-12-5-2-3-6(8)7(4-5)9(10)11/h2-4H,1H3/i8-1. The molecule has 0 aliphatic carbocycles. The van der Waals surface area contributed by atoms with Crippen molar-refractivity contribution in [3.63, 3.8) is 0 Å². The second kappa shape index (κ2) is 3.17. The Kier molecular flexibility index (Phi) is 2.23. The lowest BCUT2D eigenvalue weighted by Crippen LogP contribution is -1.93. The molecule has 12 heavy (non-hydrogen) atoms. The van der Waals surface area contributed by atoms with Crippen LogP contribution in [0.25, 0.3) is 0 Å². The van der Waals surface area contributed by atoms with Gasteiger partial charge in [-0.3, -0.25) is 10.1 Å². The number of hydrogen-bond donors (Lipinski definition) is 0. The Bertz CT molecular complexity index is 314. The fourth-order valence-corrected chi connectivity index (χ4v) is 0.759. The van der Waals surface area contributed by atoms with Gasteiger partial charge in [-0.2, -0.15) is 4.39 Å². The summed E-state index contributed by atoms with van der Waals surface area (Å²) in [7, 11) is 1.36. The van der Waals surface area contributed by atoms with E-state index in [1.807, 2.05) is 0 Å². The molecule has 0 aromatic heterocycles. The van der Waals surface area contributed by atoms with Crippen molar-refractivity contribution in [3.8, 4) is 5.75 Å². The highest BCUT2D eigenvalue weighted by Crippen LogP contribution is 2.22. The van der Waals surface area contributed by atoms with Crippen molar-refractivity contribution in [3.05, 3.63) is 34.1 Å². The maximum absolute atomic E-state index is 12.7. The lowest BCUT2D eigenvalue weighted by atomic mass is 10.3. The molecular formula is C7H6FNO3. The fourth-order valence-electron chi connectivity index (χ4n) is 0.759. The van der Waals surface area contributed by atoms with E-state index in [1.165, 1.54) is 13.2 Å². The monoisotopic (exact) mass is 170 g/mol. The van der Waals surface area contributed by atoms with E-state index >= 15 is 0 Å². The van der Waals surface area contributed by atoms with Crippen LogP contribution in [0.15, 0.2) is 18.2 Å². The van der Waals surface area contributed by atoms with Gasteiger partial charge in [-0.05, 0) is 12.1 Å². The first kappa shape index (κ1) is 8.45. The predicted octanol–water partition coefficient (Wildman–Crippen LogP) is 1.74. The molecule has 5 heteroatoms. The third-order valence-corrected chi connectivity index (χ3v) is 1.35. The van der Waals surface area contributed by atoms with Crippen LogP contribution in [-0.4, -0.2) is 12.0 Å². The van der Waals surface area contributed by atoms with Crippen LogP contribution >= 0.6 is 0 Å². The van der Waals surface area contributed by atoms with Crippen LogP contribution in [-0.2, 0) is 0 Å². The molecule has 64 valence electrons. The average molecular weight is 170 g/mol. The molecular weight excluding hydrogens is 164 g/mol. The van der Waals surface area contributed by atoms with E-state index in [2.05, 4.69) is 4.74 Å². The van der Waals surface area contributed by atoms with Gasteiger partial charge in [0.05, 0.1) is 18.1 Å². The first-order valence-electron chi connectivity index (χ1n) is 3.13. The van der Waals surface area contributed by atoms with Crippen molar-refractivity contribution in [1.29, 1.82) is 0 Å². The normalized spacial score (nSPS) is 9.50. The fraction of sp³-hybridized carbons (Fsp3) is 0.143. The molecule has 1 rings (SSSR count). The topological polar surface area (TPSA) is 52.4 Å². The van der Waals surface area contributed by atoms with Gasteiger partial charge in [-0.15, -0.1) is 0 Å². The minimum absolute atomic E-state index is 0.267. The zero-order valence-electron chi connectivity index (χ0n) is 6.28. The molecule has 0 unspecified atom stereocenters. The maximum Gasteiger partial charge on any atom is 0.308 e. The zero-order valence-corrected chi connectivity index (χ0v) is 6.28. The van der Waals surface area contributed by atoms with Crippen LogP contribution in [0.3, 0.4) is 0 Å². The van der Waals surface area contributed by atoms with Gasteiger partial charge in [-0.25, -0.2) is 0 Å². The van der Waals surface area contributed by atoms with E-state index in [4.69, 9.17) is 0 Å². The SMILES string of the molecule is COc1ccc([18F])c([N+](=O)[O-])c1.